The van der Waals surface area contributed by atoms with E-state index in [4.69, 9.17) is 5.26 Å². The van der Waals surface area contributed by atoms with Crippen molar-refractivity contribution in [3.8, 4) is 6.07 Å². The lowest BCUT2D eigenvalue weighted by Gasteiger charge is -2.46. The Hall–Kier alpha value is -2.06. The van der Waals surface area contributed by atoms with Gasteiger partial charge in [0.1, 0.15) is 11.8 Å². The van der Waals surface area contributed by atoms with Gasteiger partial charge in [0, 0.05) is 41.4 Å². The Kier molecular flexibility index (Phi) is 7.01. The number of thioether (sulfide) groups is 1. The van der Waals surface area contributed by atoms with Crippen LogP contribution in [0.3, 0.4) is 0 Å². The number of β-lactam (4-membered cyclic amide) rings is 1. The van der Waals surface area contributed by atoms with Crippen LogP contribution in [0.1, 0.15) is 32.4 Å². The molecule has 3 aliphatic heterocycles. The van der Waals surface area contributed by atoms with Crippen molar-refractivity contribution < 1.29 is 19.8 Å². The third-order valence-electron chi connectivity index (χ3n) is 6.27. The number of carbonyl (C=O) groups excluding carboxylic acids is 1. The molecular weight excluding hydrogens is 442 g/mol. The maximum absolute atomic E-state index is 12.4. The van der Waals surface area contributed by atoms with E-state index in [0.717, 1.165) is 30.8 Å². The van der Waals surface area contributed by atoms with Crippen molar-refractivity contribution in [3.63, 3.8) is 0 Å². The van der Waals surface area contributed by atoms with Crippen molar-refractivity contribution in [2.75, 3.05) is 6.54 Å². The van der Waals surface area contributed by atoms with Gasteiger partial charge in [0.25, 0.3) is 0 Å². The molecule has 1 aromatic heterocycles. The zero-order valence-electron chi connectivity index (χ0n) is 17.3. The molecule has 11 heteroatoms. The molecule has 0 unspecified atom stereocenters. The van der Waals surface area contributed by atoms with E-state index in [1.807, 2.05) is 17.6 Å². The summed E-state index contributed by atoms with van der Waals surface area (Å²) in [6.07, 6.45) is 4.37. The summed E-state index contributed by atoms with van der Waals surface area (Å²) in [5, 5.41) is 32.3. The molecule has 0 bridgehead atoms. The summed E-state index contributed by atoms with van der Waals surface area (Å²) >= 11 is 1.55. The van der Waals surface area contributed by atoms with Crippen LogP contribution in [0.4, 0.5) is 0 Å². The van der Waals surface area contributed by atoms with E-state index in [1.165, 1.54) is 4.90 Å². The van der Waals surface area contributed by atoms with Gasteiger partial charge in [0.15, 0.2) is 5.69 Å². The van der Waals surface area contributed by atoms with Crippen LogP contribution in [0.2, 0.25) is 0 Å². The number of aliphatic hydroxyl groups excluding tert-OH is 1. The average molecular weight is 468 g/mol. The fourth-order valence-electron chi connectivity index (χ4n) is 4.80. The fraction of sp³-hybridized carbons (Fsp3) is 0.600. The van der Waals surface area contributed by atoms with Gasteiger partial charge in [-0.15, -0.1) is 24.2 Å². The standard InChI is InChI=1S/C20H25N5O4S.ClH/c1-10-16-15(11(2)26)19(27)25(16)17(20(28)29)18(10)30-14-5-12(22-7-14)3-4-24-8-13(6-21)23-9-24;/h8-12,14-16,22,26H,3-5,7H2,1-2H3,(H,28,29);1H/t10-,11-,12+,14+,15-,16-;/m1./s1. The summed E-state index contributed by atoms with van der Waals surface area (Å²) in [5.41, 5.74) is 0.492. The van der Waals surface area contributed by atoms with E-state index in [-0.39, 0.29) is 41.2 Å². The lowest BCUT2D eigenvalue weighted by Crippen LogP contribution is -2.63. The fourth-order valence-corrected chi connectivity index (χ4v) is 6.31. The number of aromatic nitrogens is 2. The lowest BCUT2D eigenvalue weighted by atomic mass is 9.79. The number of nitrogens with one attached hydrogen (secondary N) is 1. The minimum absolute atomic E-state index is 0. The van der Waals surface area contributed by atoms with E-state index in [2.05, 4.69) is 10.3 Å². The molecule has 168 valence electrons. The largest absolute Gasteiger partial charge is 0.477 e. The minimum Gasteiger partial charge on any atom is -0.477 e. The summed E-state index contributed by atoms with van der Waals surface area (Å²) in [5.74, 6) is -2.02. The van der Waals surface area contributed by atoms with Gasteiger partial charge in [0.05, 0.1) is 24.4 Å². The zero-order chi connectivity index (χ0) is 21.6. The first kappa shape index (κ1) is 23.6. The highest BCUT2D eigenvalue weighted by Crippen LogP contribution is 2.51. The van der Waals surface area contributed by atoms with Crippen LogP contribution in [-0.2, 0) is 16.1 Å². The molecule has 6 atom stereocenters. The number of carbonyl (C=O) groups is 2. The number of carboxylic acid groups (broad SMARTS) is 1. The normalized spacial score (nSPS) is 30.5. The van der Waals surface area contributed by atoms with Crippen molar-refractivity contribution in [1.82, 2.24) is 19.8 Å². The molecule has 0 radical (unpaired) electrons. The van der Waals surface area contributed by atoms with E-state index >= 15 is 0 Å². The molecular formula is C20H26ClN5O4S. The molecule has 1 aromatic rings. The Morgan fingerprint density at radius 1 is 1.52 bits per heavy atom. The van der Waals surface area contributed by atoms with Crippen molar-refractivity contribution >= 4 is 36.0 Å². The third-order valence-corrected chi connectivity index (χ3v) is 7.78. The Morgan fingerprint density at radius 3 is 2.87 bits per heavy atom. The molecule has 0 aromatic carbocycles. The molecule has 9 nitrogen and oxygen atoms in total. The van der Waals surface area contributed by atoms with E-state index in [1.54, 1.807) is 31.2 Å². The number of aliphatic carboxylic acids is 1. The number of carboxylic acids is 1. The number of aryl methyl sites for hydroxylation is 1. The van der Waals surface area contributed by atoms with Gasteiger partial charge in [-0.25, -0.2) is 9.78 Å². The number of rotatable bonds is 7. The number of hydrogen-bond donors (Lipinski definition) is 3. The van der Waals surface area contributed by atoms with Crippen molar-refractivity contribution in [1.29, 1.82) is 5.26 Å². The minimum atomic E-state index is -1.08. The van der Waals surface area contributed by atoms with E-state index in [0.29, 0.717) is 11.7 Å². The highest BCUT2D eigenvalue weighted by Gasteiger charge is 2.60. The molecule has 3 aliphatic rings. The Labute approximate surface area is 190 Å². The highest BCUT2D eigenvalue weighted by atomic mass is 35.5. The smallest absolute Gasteiger partial charge is 0.353 e. The molecule has 0 aliphatic carbocycles. The second kappa shape index (κ2) is 9.20. The summed E-state index contributed by atoms with van der Waals surface area (Å²) in [6.45, 7) is 5.06. The van der Waals surface area contributed by atoms with Crippen molar-refractivity contribution in [2.24, 2.45) is 11.8 Å². The van der Waals surface area contributed by atoms with Crippen molar-refractivity contribution in [2.45, 2.75) is 56.7 Å². The number of aliphatic hydroxyl groups is 1. The molecule has 3 N–H and O–H groups in total. The summed E-state index contributed by atoms with van der Waals surface area (Å²) in [6, 6.07) is 2.04. The first-order valence-electron chi connectivity index (χ1n) is 10.1. The number of imidazole rings is 1. The summed E-state index contributed by atoms with van der Waals surface area (Å²) in [4.78, 5) is 30.5. The second-order valence-electron chi connectivity index (χ2n) is 8.25. The van der Waals surface area contributed by atoms with Crippen LogP contribution >= 0.6 is 24.2 Å². The van der Waals surface area contributed by atoms with Gasteiger partial charge < -0.3 is 25.0 Å². The number of amides is 1. The monoisotopic (exact) mass is 467 g/mol. The lowest BCUT2D eigenvalue weighted by molar-refractivity contribution is -0.163. The molecule has 2 saturated heterocycles. The quantitative estimate of drug-likeness (QED) is 0.509. The van der Waals surface area contributed by atoms with Crippen LogP contribution in [0.15, 0.2) is 23.1 Å². The molecule has 4 heterocycles. The SMILES string of the molecule is C[C@@H](O)[C@H]1C(=O)N2C(C(=O)O)=C(S[C@@H]3CN[C@@H](CCn4cnc(C#N)c4)C3)[C@H](C)[C@H]12.Cl. The summed E-state index contributed by atoms with van der Waals surface area (Å²) < 4.78 is 1.90. The zero-order valence-corrected chi connectivity index (χ0v) is 18.9. The van der Waals surface area contributed by atoms with Gasteiger partial charge in [0.2, 0.25) is 5.91 Å². The average Bonchev–Trinajstić information content (AvgIpc) is 3.39. The topological polar surface area (TPSA) is 131 Å². The second-order valence-corrected chi connectivity index (χ2v) is 9.59. The number of halogens is 1. The Balaban J connectivity index is 0.00000272. The Morgan fingerprint density at radius 2 is 2.26 bits per heavy atom. The van der Waals surface area contributed by atoms with Gasteiger partial charge >= 0.3 is 5.97 Å². The first-order valence-corrected chi connectivity index (χ1v) is 11.0. The molecule has 2 fully saturated rings. The molecule has 31 heavy (non-hydrogen) atoms. The van der Waals surface area contributed by atoms with Crippen LogP contribution < -0.4 is 5.32 Å². The number of fused-ring (bicyclic) bond motifs is 1. The molecule has 1 amide bonds. The van der Waals surface area contributed by atoms with Crippen LogP contribution in [-0.4, -0.2) is 66.5 Å². The van der Waals surface area contributed by atoms with Crippen LogP contribution in [0.25, 0.3) is 0 Å². The van der Waals surface area contributed by atoms with Crippen molar-refractivity contribution in [3.05, 3.63) is 28.8 Å². The Bertz CT molecular complexity index is 942. The maximum atomic E-state index is 12.4. The van der Waals surface area contributed by atoms with Crippen LogP contribution in [0, 0.1) is 23.2 Å². The van der Waals surface area contributed by atoms with Crippen LogP contribution in [0.5, 0.6) is 0 Å². The number of nitrogens with zero attached hydrogens (tertiary/aromatic N) is 4. The molecule has 0 spiro atoms. The highest BCUT2D eigenvalue weighted by molar-refractivity contribution is 8.03. The molecule has 4 rings (SSSR count). The third kappa shape index (κ3) is 4.20. The van der Waals surface area contributed by atoms with Gasteiger partial charge in [-0.1, -0.05) is 6.92 Å². The van der Waals surface area contributed by atoms with Gasteiger partial charge in [-0.2, -0.15) is 5.26 Å². The number of nitriles is 1. The maximum Gasteiger partial charge on any atom is 0.353 e. The predicted octanol–water partition coefficient (Wildman–Crippen LogP) is 1.18. The van der Waals surface area contributed by atoms with Gasteiger partial charge in [-0.05, 0) is 19.8 Å². The first-order chi connectivity index (χ1) is 14.3. The summed E-state index contributed by atoms with van der Waals surface area (Å²) in [7, 11) is 0. The predicted molar refractivity (Wildman–Crippen MR) is 116 cm³/mol. The van der Waals surface area contributed by atoms with Gasteiger partial charge in [-0.3, -0.25) is 4.79 Å². The van der Waals surface area contributed by atoms with E-state index in [9.17, 15) is 19.8 Å². The van der Waals surface area contributed by atoms with E-state index < -0.39 is 18.0 Å². The molecule has 0 saturated carbocycles. The number of hydrogen-bond acceptors (Lipinski definition) is 7.